The van der Waals surface area contributed by atoms with E-state index in [4.69, 9.17) is 4.74 Å². The first kappa shape index (κ1) is 13.7. The van der Waals surface area contributed by atoms with Gasteiger partial charge in [-0.3, -0.25) is 0 Å². The third-order valence-corrected chi connectivity index (χ3v) is 3.37. The quantitative estimate of drug-likeness (QED) is 0.733. The molecule has 0 aromatic carbocycles. The molecule has 1 heterocycles. The first-order chi connectivity index (χ1) is 7.96. The normalized spacial score (nSPS) is 11.2. The van der Waals surface area contributed by atoms with E-state index < -0.39 is 10.0 Å². The summed E-state index contributed by atoms with van der Waals surface area (Å²) in [5.41, 5.74) is 0.746. The van der Waals surface area contributed by atoms with Crippen LogP contribution in [-0.2, 0) is 10.0 Å². The van der Waals surface area contributed by atoms with Crippen LogP contribution in [0.1, 0.15) is 5.69 Å². The summed E-state index contributed by atoms with van der Waals surface area (Å²) in [6, 6.07) is 1.69. The molecule has 1 aromatic heterocycles. The summed E-state index contributed by atoms with van der Waals surface area (Å²) in [6.07, 6.45) is 0. The summed E-state index contributed by atoms with van der Waals surface area (Å²) < 4.78 is 29.5. The van der Waals surface area contributed by atoms with Gasteiger partial charge in [-0.15, -0.1) is 0 Å². The third-order valence-electron chi connectivity index (χ3n) is 2.00. The number of aryl methyl sites for hydroxylation is 1. The second-order valence-electron chi connectivity index (χ2n) is 3.33. The Kier molecular flexibility index (Phi) is 4.64. The van der Waals surface area contributed by atoms with E-state index >= 15 is 0 Å². The Balaban J connectivity index is 2.61. The molecule has 7 nitrogen and oxygen atoms in total. The standard InChI is InChI=1S/C9H16N4O3S/c1-7-6-8(16-3)13-9(12-7)11-4-5-17(14,15)10-2/h6,10H,4-5H2,1-3H3,(H,11,12,13). The molecule has 0 aliphatic carbocycles. The Labute approximate surface area is 101 Å². The summed E-state index contributed by atoms with van der Waals surface area (Å²) in [5.74, 6) is 0.757. The molecule has 2 N–H and O–H groups in total. The number of anilines is 1. The lowest BCUT2D eigenvalue weighted by Crippen LogP contribution is -2.26. The van der Waals surface area contributed by atoms with Gasteiger partial charge in [0.25, 0.3) is 0 Å². The molecule has 0 atom stereocenters. The third kappa shape index (κ3) is 4.53. The van der Waals surface area contributed by atoms with Crippen molar-refractivity contribution in [3.05, 3.63) is 11.8 Å². The molecule has 0 radical (unpaired) electrons. The number of hydrogen-bond donors (Lipinski definition) is 2. The highest BCUT2D eigenvalue weighted by molar-refractivity contribution is 7.89. The molecule has 0 bridgehead atoms. The average Bonchev–Trinajstić information content (AvgIpc) is 2.28. The maximum Gasteiger partial charge on any atom is 0.226 e. The number of nitrogens with one attached hydrogen (secondary N) is 2. The Morgan fingerprint density at radius 2 is 2.12 bits per heavy atom. The minimum atomic E-state index is -3.21. The lowest BCUT2D eigenvalue weighted by molar-refractivity contribution is 0.397. The van der Waals surface area contributed by atoms with Gasteiger partial charge in [-0.2, -0.15) is 4.98 Å². The monoisotopic (exact) mass is 260 g/mol. The lowest BCUT2D eigenvalue weighted by atomic mass is 10.4. The van der Waals surface area contributed by atoms with Crippen molar-refractivity contribution in [2.24, 2.45) is 0 Å². The van der Waals surface area contributed by atoms with Gasteiger partial charge in [0.05, 0.1) is 12.9 Å². The number of sulfonamides is 1. The van der Waals surface area contributed by atoms with E-state index in [2.05, 4.69) is 20.0 Å². The van der Waals surface area contributed by atoms with Gasteiger partial charge < -0.3 is 10.1 Å². The molecule has 0 saturated carbocycles. The first-order valence-electron chi connectivity index (χ1n) is 5.01. The highest BCUT2D eigenvalue weighted by atomic mass is 32.2. The van der Waals surface area contributed by atoms with E-state index in [0.717, 1.165) is 5.69 Å². The Morgan fingerprint density at radius 1 is 1.41 bits per heavy atom. The van der Waals surface area contributed by atoms with E-state index in [1.807, 2.05) is 0 Å². The van der Waals surface area contributed by atoms with Crippen molar-refractivity contribution in [3.63, 3.8) is 0 Å². The van der Waals surface area contributed by atoms with Gasteiger partial charge in [0.1, 0.15) is 0 Å². The zero-order valence-electron chi connectivity index (χ0n) is 10.0. The lowest BCUT2D eigenvalue weighted by Gasteiger charge is -2.07. The summed E-state index contributed by atoms with van der Waals surface area (Å²) >= 11 is 0. The number of aromatic nitrogens is 2. The second kappa shape index (κ2) is 5.78. The van der Waals surface area contributed by atoms with Crippen LogP contribution in [-0.4, -0.2) is 44.8 Å². The van der Waals surface area contributed by atoms with Crippen LogP contribution in [0.25, 0.3) is 0 Å². The zero-order chi connectivity index (χ0) is 12.9. The van der Waals surface area contributed by atoms with Crippen molar-refractivity contribution >= 4 is 16.0 Å². The molecule has 1 aromatic rings. The Bertz CT molecular complexity index is 475. The van der Waals surface area contributed by atoms with Crippen LogP contribution >= 0.6 is 0 Å². The topological polar surface area (TPSA) is 93.2 Å². The average molecular weight is 260 g/mol. The van der Waals surface area contributed by atoms with Crippen molar-refractivity contribution < 1.29 is 13.2 Å². The highest BCUT2D eigenvalue weighted by Crippen LogP contribution is 2.10. The fourth-order valence-corrected chi connectivity index (χ4v) is 1.70. The molecule has 0 unspecified atom stereocenters. The van der Waals surface area contributed by atoms with Crippen LogP contribution in [0, 0.1) is 6.92 Å². The van der Waals surface area contributed by atoms with E-state index in [0.29, 0.717) is 11.8 Å². The number of ether oxygens (including phenoxy) is 1. The number of methoxy groups -OCH3 is 1. The van der Waals surface area contributed by atoms with Crippen LogP contribution in [0.15, 0.2) is 6.07 Å². The molecule has 8 heteroatoms. The summed E-state index contributed by atoms with van der Waals surface area (Å²) in [4.78, 5) is 8.15. The Hall–Kier alpha value is -1.41. The fraction of sp³-hybridized carbons (Fsp3) is 0.556. The van der Waals surface area contributed by atoms with Gasteiger partial charge in [0, 0.05) is 18.3 Å². The maximum atomic E-state index is 11.2. The Morgan fingerprint density at radius 3 is 2.71 bits per heavy atom. The van der Waals surface area contributed by atoms with Crippen molar-refractivity contribution in [2.45, 2.75) is 6.92 Å². The SMILES string of the molecule is CNS(=O)(=O)CCNc1nc(C)cc(OC)n1. The molecule has 1 rings (SSSR count). The molecule has 0 aliphatic heterocycles. The van der Waals surface area contributed by atoms with Crippen molar-refractivity contribution in [1.82, 2.24) is 14.7 Å². The van der Waals surface area contributed by atoms with Gasteiger partial charge in [0.15, 0.2) is 0 Å². The smallest absolute Gasteiger partial charge is 0.226 e. The van der Waals surface area contributed by atoms with Crippen LogP contribution in [0.3, 0.4) is 0 Å². The van der Waals surface area contributed by atoms with Crippen LogP contribution in [0.4, 0.5) is 5.95 Å². The molecule has 0 fully saturated rings. The molecule has 0 saturated heterocycles. The number of rotatable bonds is 6. The minimum Gasteiger partial charge on any atom is -0.481 e. The predicted octanol–water partition coefficient (Wildman–Crippen LogP) is -0.245. The maximum absolute atomic E-state index is 11.2. The number of nitrogens with zero attached hydrogens (tertiary/aromatic N) is 2. The van der Waals surface area contributed by atoms with Crippen molar-refractivity contribution in [1.29, 1.82) is 0 Å². The highest BCUT2D eigenvalue weighted by Gasteiger charge is 2.07. The summed E-state index contributed by atoms with van der Waals surface area (Å²) in [6.45, 7) is 2.04. The second-order valence-corrected chi connectivity index (χ2v) is 5.37. The first-order valence-corrected chi connectivity index (χ1v) is 6.67. The predicted molar refractivity (Wildman–Crippen MR) is 64.7 cm³/mol. The van der Waals surface area contributed by atoms with Gasteiger partial charge in [-0.1, -0.05) is 0 Å². The van der Waals surface area contributed by atoms with E-state index in [1.165, 1.54) is 14.2 Å². The zero-order valence-corrected chi connectivity index (χ0v) is 10.8. The fourth-order valence-electron chi connectivity index (χ4n) is 1.12. The van der Waals surface area contributed by atoms with Gasteiger partial charge >= 0.3 is 0 Å². The largest absolute Gasteiger partial charge is 0.481 e. The van der Waals surface area contributed by atoms with Crippen LogP contribution in [0.2, 0.25) is 0 Å². The molecular weight excluding hydrogens is 244 g/mol. The summed E-state index contributed by atoms with van der Waals surface area (Å²) in [7, 11) is -0.327. The van der Waals surface area contributed by atoms with Gasteiger partial charge in [-0.25, -0.2) is 18.1 Å². The van der Waals surface area contributed by atoms with Gasteiger partial charge in [0.2, 0.25) is 21.9 Å². The van der Waals surface area contributed by atoms with E-state index in [9.17, 15) is 8.42 Å². The molecular formula is C9H16N4O3S. The van der Waals surface area contributed by atoms with E-state index in [1.54, 1.807) is 13.0 Å². The molecule has 0 amide bonds. The summed E-state index contributed by atoms with van der Waals surface area (Å²) in [5, 5.41) is 2.83. The van der Waals surface area contributed by atoms with Crippen LogP contribution in [0.5, 0.6) is 5.88 Å². The molecule has 96 valence electrons. The minimum absolute atomic E-state index is 0.0386. The molecule has 17 heavy (non-hydrogen) atoms. The number of hydrogen-bond acceptors (Lipinski definition) is 6. The van der Waals surface area contributed by atoms with Crippen LogP contribution < -0.4 is 14.8 Å². The molecule has 0 aliphatic rings. The van der Waals surface area contributed by atoms with E-state index in [-0.39, 0.29) is 12.3 Å². The van der Waals surface area contributed by atoms with Gasteiger partial charge in [-0.05, 0) is 14.0 Å². The van der Waals surface area contributed by atoms with Crippen molar-refractivity contribution in [3.8, 4) is 5.88 Å². The van der Waals surface area contributed by atoms with Crippen molar-refractivity contribution in [2.75, 3.05) is 31.8 Å². The molecule has 0 spiro atoms.